The maximum Gasteiger partial charge on any atom is 0.328 e. The molecule has 0 radical (unpaired) electrons. The molecule has 1 aliphatic heterocycles. The van der Waals surface area contributed by atoms with Crippen LogP contribution in [0.2, 0.25) is 10.0 Å². The molecule has 1 aromatic heterocycles. The van der Waals surface area contributed by atoms with E-state index >= 15 is 0 Å². The SMILES string of the molecule is CC.O=C(/C=C/c1ccco1)NCc1cc(Cl)c(C(=O)N[C@@H](CNC(=O)[C@@H]2CSCN2)C(=O)O)c(Cl)c1. The van der Waals surface area contributed by atoms with Gasteiger partial charge in [-0.25, -0.2) is 4.79 Å². The van der Waals surface area contributed by atoms with Crippen molar-refractivity contribution in [3.63, 3.8) is 0 Å². The zero-order valence-electron chi connectivity index (χ0n) is 20.2. The van der Waals surface area contributed by atoms with Gasteiger partial charge in [0, 0.05) is 30.8 Å². The molecule has 1 aliphatic rings. The van der Waals surface area contributed by atoms with Crippen molar-refractivity contribution in [1.29, 1.82) is 0 Å². The van der Waals surface area contributed by atoms with E-state index in [1.165, 1.54) is 30.5 Å². The quantitative estimate of drug-likeness (QED) is 0.273. The van der Waals surface area contributed by atoms with Crippen LogP contribution in [-0.2, 0) is 20.9 Å². The monoisotopic (exact) mass is 570 g/mol. The van der Waals surface area contributed by atoms with Gasteiger partial charge in [0.25, 0.3) is 5.91 Å². The summed E-state index contributed by atoms with van der Waals surface area (Å²) in [6, 6.07) is 4.47. The van der Waals surface area contributed by atoms with E-state index in [-0.39, 0.29) is 40.5 Å². The van der Waals surface area contributed by atoms with Crippen LogP contribution in [0.15, 0.2) is 41.0 Å². The minimum atomic E-state index is -1.40. The van der Waals surface area contributed by atoms with E-state index in [9.17, 15) is 24.3 Å². The number of furan rings is 1. The smallest absolute Gasteiger partial charge is 0.328 e. The minimum absolute atomic E-state index is 0.0225. The van der Waals surface area contributed by atoms with Crippen molar-refractivity contribution in [2.45, 2.75) is 32.5 Å². The van der Waals surface area contributed by atoms with Gasteiger partial charge in [0.15, 0.2) is 0 Å². The van der Waals surface area contributed by atoms with Gasteiger partial charge in [-0.15, -0.1) is 11.8 Å². The Morgan fingerprint density at radius 3 is 2.49 bits per heavy atom. The molecule has 0 saturated carbocycles. The number of nitrogens with one attached hydrogen (secondary N) is 4. The number of carbonyl (C=O) groups is 4. The van der Waals surface area contributed by atoms with E-state index < -0.39 is 24.0 Å². The highest BCUT2D eigenvalue weighted by Gasteiger charge is 2.27. The molecule has 0 aliphatic carbocycles. The van der Waals surface area contributed by atoms with E-state index in [1.54, 1.807) is 23.9 Å². The molecule has 13 heteroatoms. The topological polar surface area (TPSA) is 150 Å². The van der Waals surface area contributed by atoms with E-state index in [0.29, 0.717) is 23.0 Å². The Balaban J connectivity index is 0.00000235. The van der Waals surface area contributed by atoms with Crippen molar-refractivity contribution >= 4 is 64.7 Å². The average Bonchev–Trinajstić information content (AvgIpc) is 3.59. The molecule has 2 heterocycles. The van der Waals surface area contributed by atoms with Crippen LogP contribution in [0, 0.1) is 0 Å². The lowest BCUT2D eigenvalue weighted by Crippen LogP contribution is -2.51. The first-order valence-corrected chi connectivity index (χ1v) is 13.3. The van der Waals surface area contributed by atoms with Crippen LogP contribution >= 0.6 is 35.0 Å². The number of hydrogen-bond acceptors (Lipinski definition) is 7. The summed E-state index contributed by atoms with van der Waals surface area (Å²) >= 11 is 14.0. The van der Waals surface area contributed by atoms with Gasteiger partial charge < -0.3 is 25.5 Å². The van der Waals surface area contributed by atoms with Gasteiger partial charge in [-0.3, -0.25) is 19.7 Å². The van der Waals surface area contributed by atoms with Crippen LogP contribution in [0.3, 0.4) is 0 Å². The van der Waals surface area contributed by atoms with Crippen LogP contribution in [-0.4, -0.2) is 59.1 Å². The molecule has 1 saturated heterocycles. The second-order valence-corrected chi connectivity index (χ2v) is 9.23. The summed E-state index contributed by atoms with van der Waals surface area (Å²) in [5.74, 6) is -1.14. The Kier molecular flexibility index (Phi) is 12.5. The highest BCUT2D eigenvalue weighted by atomic mass is 35.5. The van der Waals surface area contributed by atoms with Gasteiger partial charge >= 0.3 is 5.97 Å². The number of hydrogen-bond donors (Lipinski definition) is 5. The number of amides is 3. The van der Waals surface area contributed by atoms with Gasteiger partial charge in [0.05, 0.1) is 27.9 Å². The number of benzene rings is 1. The minimum Gasteiger partial charge on any atom is -0.480 e. The number of halogens is 2. The van der Waals surface area contributed by atoms with Crippen molar-refractivity contribution in [1.82, 2.24) is 21.3 Å². The van der Waals surface area contributed by atoms with Gasteiger partial charge in [-0.1, -0.05) is 37.0 Å². The first kappa shape index (κ1) is 30.2. The number of aliphatic carboxylic acids is 1. The van der Waals surface area contributed by atoms with Crippen molar-refractivity contribution in [3.05, 3.63) is 63.5 Å². The molecule has 2 atom stereocenters. The zero-order chi connectivity index (χ0) is 27.4. The normalized spacial score (nSPS) is 15.4. The predicted molar refractivity (Wildman–Crippen MR) is 144 cm³/mol. The predicted octanol–water partition coefficient (Wildman–Crippen LogP) is 2.90. The van der Waals surface area contributed by atoms with Gasteiger partial charge in [0.1, 0.15) is 11.8 Å². The van der Waals surface area contributed by atoms with E-state index in [0.717, 1.165) is 0 Å². The Bertz CT molecular complexity index is 1100. The zero-order valence-corrected chi connectivity index (χ0v) is 22.5. The second kappa shape index (κ2) is 15.3. The summed E-state index contributed by atoms with van der Waals surface area (Å²) < 4.78 is 5.11. The lowest BCUT2D eigenvalue weighted by Gasteiger charge is -2.18. The summed E-state index contributed by atoms with van der Waals surface area (Å²) in [5.41, 5.74) is 0.410. The van der Waals surface area contributed by atoms with Gasteiger partial charge in [-0.05, 0) is 35.9 Å². The van der Waals surface area contributed by atoms with Crippen molar-refractivity contribution < 1.29 is 28.7 Å². The molecule has 3 rings (SSSR count). The molecule has 2 aromatic rings. The molecule has 0 unspecified atom stereocenters. The fraction of sp³-hybridized carbons (Fsp3) is 0.333. The number of carbonyl (C=O) groups excluding carboxylic acids is 3. The molecular formula is C24H28Cl2N4O6S. The Hall–Kier alpha value is -2.99. The van der Waals surface area contributed by atoms with E-state index in [1.807, 2.05) is 13.8 Å². The highest BCUT2D eigenvalue weighted by Crippen LogP contribution is 2.27. The van der Waals surface area contributed by atoms with Crippen LogP contribution in [0.1, 0.15) is 35.5 Å². The van der Waals surface area contributed by atoms with E-state index in [4.69, 9.17) is 27.6 Å². The fourth-order valence-corrected chi connectivity index (χ4v) is 4.70. The molecule has 1 fully saturated rings. The fourth-order valence-electron chi connectivity index (χ4n) is 3.06. The molecule has 0 spiro atoms. The molecule has 10 nitrogen and oxygen atoms in total. The summed E-state index contributed by atoms with van der Waals surface area (Å²) in [6.07, 6.45) is 4.30. The Morgan fingerprint density at radius 1 is 1.22 bits per heavy atom. The third-order valence-electron chi connectivity index (χ3n) is 4.85. The van der Waals surface area contributed by atoms with Crippen molar-refractivity contribution in [2.24, 2.45) is 0 Å². The van der Waals surface area contributed by atoms with Crippen molar-refractivity contribution in [3.8, 4) is 0 Å². The lowest BCUT2D eigenvalue weighted by atomic mass is 10.1. The molecule has 5 N–H and O–H groups in total. The standard InChI is InChI=1S/C22H22Cl2N4O6S.C2H6/c23-14-6-12(8-25-18(29)4-3-13-2-1-5-34-13)7-15(24)19(14)21(31)28-16(22(32)33)9-26-20(30)17-10-35-11-27-17;1-2/h1-7,16-17,27H,8-11H2,(H,25,29)(H,26,30)(H,28,31)(H,32,33);1-2H3/b4-3+;/t16-,17-;/m0./s1. The Morgan fingerprint density at radius 2 is 1.92 bits per heavy atom. The van der Waals surface area contributed by atoms with Crippen LogP contribution in [0.25, 0.3) is 6.08 Å². The molecule has 37 heavy (non-hydrogen) atoms. The molecule has 1 aromatic carbocycles. The summed E-state index contributed by atoms with van der Waals surface area (Å²) in [6.45, 7) is 3.77. The summed E-state index contributed by atoms with van der Waals surface area (Å²) in [4.78, 5) is 48.4. The lowest BCUT2D eigenvalue weighted by molar-refractivity contribution is -0.139. The highest BCUT2D eigenvalue weighted by molar-refractivity contribution is 7.99. The third kappa shape index (κ3) is 9.43. The first-order chi connectivity index (χ1) is 17.7. The van der Waals surface area contributed by atoms with Crippen molar-refractivity contribution in [2.75, 3.05) is 18.2 Å². The Labute approximate surface area is 228 Å². The average molecular weight is 571 g/mol. The number of thioether (sulfide) groups is 1. The molecular weight excluding hydrogens is 543 g/mol. The largest absolute Gasteiger partial charge is 0.480 e. The van der Waals surface area contributed by atoms with Crippen LogP contribution < -0.4 is 21.3 Å². The number of rotatable bonds is 10. The summed E-state index contributed by atoms with van der Waals surface area (Å²) in [5, 5.41) is 19.9. The van der Waals surface area contributed by atoms with Gasteiger partial charge in [0.2, 0.25) is 11.8 Å². The molecule has 200 valence electrons. The first-order valence-electron chi connectivity index (χ1n) is 11.3. The molecule has 0 bridgehead atoms. The number of carboxylic acids is 1. The van der Waals surface area contributed by atoms with E-state index in [2.05, 4.69) is 21.3 Å². The maximum absolute atomic E-state index is 12.7. The van der Waals surface area contributed by atoms with Gasteiger partial charge in [-0.2, -0.15) is 0 Å². The second-order valence-electron chi connectivity index (χ2n) is 7.38. The number of carboxylic acid groups (broad SMARTS) is 1. The van der Waals surface area contributed by atoms with Crippen LogP contribution in [0.5, 0.6) is 0 Å². The summed E-state index contributed by atoms with van der Waals surface area (Å²) in [7, 11) is 0. The maximum atomic E-state index is 12.7. The molecule has 3 amide bonds. The third-order valence-corrected chi connectivity index (χ3v) is 6.39. The van der Waals surface area contributed by atoms with Crippen LogP contribution in [0.4, 0.5) is 0 Å².